The van der Waals surface area contributed by atoms with Crippen molar-refractivity contribution in [3.05, 3.63) is 29.6 Å². The van der Waals surface area contributed by atoms with E-state index in [0.717, 1.165) is 18.2 Å². The van der Waals surface area contributed by atoms with Crippen molar-refractivity contribution in [2.75, 3.05) is 11.4 Å². The lowest BCUT2D eigenvalue weighted by molar-refractivity contribution is 0.192. The number of hydrogen-bond acceptors (Lipinski definition) is 2. The lowest BCUT2D eigenvalue weighted by Gasteiger charge is -2.46. The molecule has 1 aliphatic heterocycles. The van der Waals surface area contributed by atoms with E-state index < -0.39 is 6.10 Å². The highest BCUT2D eigenvalue weighted by Crippen LogP contribution is 2.40. The molecule has 0 aromatic heterocycles. The molecule has 2 fully saturated rings. The van der Waals surface area contributed by atoms with Crippen LogP contribution in [0.25, 0.3) is 0 Å². The standard InChI is InChI=1S/C17H24FNO/c1-12(20)17-14(18)8-4-10-16(17)19-11-5-7-13-6-2-3-9-15(13)19/h4,8,10,12-13,15,20H,2-3,5-7,9,11H2,1H3/t12?,13-,15-/m1/s1. The van der Waals surface area contributed by atoms with Gasteiger partial charge in [0, 0.05) is 23.8 Å². The smallest absolute Gasteiger partial charge is 0.131 e. The fraction of sp³-hybridized carbons (Fsp3) is 0.647. The number of hydrogen-bond donors (Lipinski definition) is 1. The van der Waals surface area contributed by atoms with Gasteiger partial charge in [0.15, 0.2) is 0 Å². The molecule has 1 N–H and O–H groups in total. The van der Waals surface area contributed by atoms with Gasteiger partial charge in [-0.15, -0.1) is 0 Å². The summed E-state index contributed by atoms with van der Waals surface area (Å²) in [5.41, 5.74) is 1.38. The molecule has 2 nitrogen and oxygen atoms in total. The van der Waals surface area contributed by atoms with Gasteiger partial charge >= 0.3 is 0 Å². The first-order valence-electron chi connectivity index (χ1n) is 7.91. The van der Waals surface area contributed by atoms with Crippen molar-refractivity contribution in [3.8, 4) is 0 Å². The summed E-state index contributed by atoms with van der Waals surface area (Å²) < 4.78 is 14.1. The van der Waals surface area contributed by atoms with Crippen LogP contribution < -0.4 is 4.90 Å². The Kier molecular flexibility index (Phi) is 3.97. The Morgan fingerprint density at radius 1 is 1.20 bits per heavy atom. The van der Waals surface area contributed by atoms with Gasteiger partial charge in [0.2, 0.25) is 0 Å². The number of anilines is 1. The van der Waals surface area contributed by atoms with Crippen LogP contribution in [0.4, 0.5) is 10.1 Å². The Balaban J connectivity index is 1.97. The summed E-state index contributed by atoms with van der Waals surface area (Å²) in [7, 11) is 0. The highest BCUT2D eigenvalue weighted by Gasteiger charge is 2.34. The largest absolute Gasteiger partial charge is 0.389 e. The molecule has 3 rings (SSSR count). The van der Waals surface area contributed by atoms with E-state index in [1.54, 1.807) is 13.0 Å². The molecule has 0 radical (unpaired) electrons. The van der Waals surface area contributed by atoms with E-state index in [1.165, 1.54) is 44.6 Å². The minimum absolute atomic E-state index is 0.282. The van der Waals surface area contributed by atoms with Crippen LogP contribution in [0.15, 0.2) is 18.2 Å². The zero-order valence-corrected chi connectivity index (χ0v) is 12.2. The van der Waals surface area contributed by atoms with Gasteiger partial charge in [-0.25, -0.2) is 4.39 Å². The maximum absolute atomic E-state index is 14.1. The van der Waals surface area contributed by atoms with E-state index >= 15 is 0 Å². The predicted octanol–water partition coefficient (Wildman–Crippen LogP) is 4.04. The normalized spacial score (nSPS) is 28.1. The van der Waals surface area contributed by atoms with E-state index in [9.17, 15) is 9.50 Å². The van der Waals surface area contributed by atoms with E-state index in [1.807, 2.05) is 6.07 Å². The Morgan fingerprint density at radius 3 is 2.75 bits per heavy atom. The van der Waals surface area contributed by atoms with Gasteiger partial charge in [-0.3, -0.25) is 0 Å². The number of aliphatic hydroxyl groups is 1. The Labute approximate surface area is 120 Å². The quantitative estimate of drug-likeness (QED) is 0.882. The van der Waals surface area contributed by atoms with Crippen molar-refractivity contribution >= 4 is 5.69 Å². The molecule has 3 heteroatoms. The van der Waals surface area contributed by atoms with Crippen LogP contribution >= 0.6 is 0 Å². The van der Waals surface area contributed by atoms with Crippen molar-refractivity contribution in [2.24, 2.45) is 5.92 Å². The second-order valence-corrected chi connectivity index (χ2v) is 6.30. The first kappa shape index (κ1) is 13.9. The van der Waals surface area contributed by atoms with E-state index in [0.29, 0.717) is 11.6 Å². The van der Waals surface area contributed by atoms with Gasteiger partial charge < -0.3 is 10.0 Å². The number of benzene rings is 1. The van der Waals surface area contributed by atoms with Crippen molar-refractivity contribution < 1.29 is 9.50 Å². The lowest BCUT2D eigenvalue weighted by Crippen LogP contribution is -2.47. The van der Waals surface area contributed by atoms with Gasteiger partial charge in [-0.1, -0.05) is 18.9 Å². The summed E-state index contributed by atoms with van der Waals surface area (Å²) in [5.74, 6) is 0.470. The van der Waals surface area contributed by atoms with Gasteiger partial charge in [-0.05, 0) is 50.7 Å². The van der Waals surface area contributed by atoms with Gasteiger partial charge in [0.05, 0.1) is 6.10 Å². The van der Waals surface area contributed by atoms with Crippen LogP contribution in [-0.2, 0) is 0 Å². The van der Waals surface area contributed by atoms with Crippen molar-refractivity contribution in [3.63, 3.8) is 0 Å². The highest BCUT2D eigenvalue weighted by molar-refractivity contribution is 5.56. The Morgan fingerprint density at radius 2 is 1.95 bits per heavy atom. The maximum Gasteiger partial charge on any atom is 0.131 e. The van der Waals surface area contributed by atoms with Crippen LogP contribution in [0.5, 0.6) is 0 Å². The average molecular weight is 277 g/mol. The van der Waals surface area contributed by atoms with Crippen LogP contribution in [0, 0.1) is 11.7 Å². The summed E-state index contributed by atoms with van der Waals surface area (Å²) in [6.07, 6.45) is 6.85. The van der Waals surface area contributed by atoms with E-state index in [2.05, 4.69) is 4.90 Å². The molecule has 110 valence electrons. The summed E-state index contributed by atoms with van der Waals surface area (Å²) in [6.45, 7) is 2.65. The van der Waals surface area contributed by atoms with Crippen molar-refractivity contribution in [1.82, 2.24) is 0 Å². The number of nitrogens with zero attached hydrogens (tertiary/aromatic N) is 1. The fourth-order valence-corrected chi connectivity index (χ4v) is 4.11. The van der Waals surface area contributed by atoms with Gasteiger partial charge in [0.25, 0.3) is 0 Å². The zero-order valence-electron chi connectivity index (χ0n) is 12.2. The molecule has 1 saturated heterocycles. The summed E-state index contributed by atoms with van der Waals surface area (Å²) in [4.78, 5) is 2.37. The number of halogens is 1. The molecular formula is C17H24FNO. The molecule has 1 aromatic rings. The molecule has 0 spiro atoms. The Bertz CT molecular complexity index is 472. The molecule has 20 heavy (non-hydrogen) atoms. The van der Waals surface area contributed by atoms with Crippen LogP contribution in [0.3, 0.4) is 0 Å². The third-order valence-corrected chi connectivity index (χ3v) is 5.00. The molecule has 1 saturated carbocycles. The summed E-state index contributed by atoms with van der Waals surface area (Å²) in [6, 6.07) is 5.73. The minimum atomic E-state index is -0.754. The third kappa shape index (κ3) is 2.44. The molecule has 2 aliphatic rings. The van der Waals surface area contributed by atoms with E-state index in [4.69, 9.17) is 0 Å². The fourth-order valence-electron chi connectivity index (χ4n) is 4.11. The van der Waals surface area contributed by atoms with Crippen molar-refractivity contribution in [1.29, 1.82) is 0 Å². The zero-order chi connectivity index (χ0) is 14.1. The first-order chi connectivity index (χ1) is 9.68. The number of piperidine rings is 1. The number of aliphatic hydroxyl groups excluding tert-OH is 1. The molecule has 3 atom stereocenters. The predicted molar refractivity (Wildman–Crippen MR) is 79.4 cm³/mol. The molecule has 1 heterocycles. The van der Waals surface area contributed by atoms with Crippen molar-refractivity contribution in [2.45, 2.75) is 57.6 Å². The SMILES string of the molecule is CC(O)c1c(F)cccc1N1CCC[C@H]2CCCC[C@H]21. The monoisotopic (exact) mass is 277 g/mol. The van der Waals surface area contributed by atoms with E-state index in [-0.39, 0.29) is 5.82 Å². The summed E-state index contributed by atoms with van der Waals surface area (Å²) >= 11 is 0. The molecular weight excluding hydrogens is 253 g/mol. The van der Waals surface area contributed by atoms with Crippen LogP contribution in [-0.4, -0.2) is 17.7 Å². The molecule has 0 amide bonds. The van der Waals surface area contributed by atoms with Crippen LogP contribution in [0.1, 0.15) is 57.1 Å². The first-order valence-corrected chi connectivity index (χ1v) is 7.91. The van der Waals surface area contributed by atoms with Crippen LogP contribution in [0.2, 0.25) is 0 Å². The average Bonchev–Trinajstić information content (AvgIpc) is 2.46. The number of fused-ring (bicyclic) bond motifs is 1. The Hall–Kier alpha value is -1.09. The minimum Gasteiger partial charge on any atom is -0.389 e. The second-order valence-electron chi connectivity index (χ2n) is 6.30. The maximum atomic E-state index is 14.1. The molecule has 1 aromatic carbocycles. The van der Waals surface area contributed by atoms with Gasteiger partial charge in [0.1, 0.15) is 5.82 Å². The molecule has 1 aliphatic carbocycles. The number of rotatable bonds is 2. The summed E-state index contributed by atoms with van der Waals surface area (Å²) in [5, 5.41) is 9.95. The molecule has 1 unspecified atom stereocenters. The lowest BCUT2D eigenvalue weighted by atomic mass is 9.78. The molecule has 0 bridgehead atoms. The highest BCUT2D eigenvalue weighted by atomic mass is 19.1. The van der Waals surface area contributed by atoms with Gasteiger partial charge in [-0.2, -0.15) is 0 Å². The second kappa shape index (κ2) is 5.72. The third-order valence-electron chi connectivity index (χ3n) is 5.00. The topological polar surface area (TPSA) is 23.5 Å².